The molecule has 1 atom stereocenters. The van der Waals surface area contributed by atoms with E-state index in [4.69, 9.17) is 4.74 Å². The van der Waals surface area contributed by atoms with Gasteiger partial charge in [0.2, 0.25) is 11.8 Å². The van der Waals surface area contributed by atoms with Crippen molar-refractivity contribution in [3.8, 4) is 11.1 Å². The third-order valence-corrected chi connectivity index (χ3v) is 9.32. The molecule has 1 aliphatic rings. The molecule has 11 nitrogen and oxygen atoms in total. The van der Waals surface area contributed by atoms with Crippen LogP contribution in [0, 0.1) is 12.7 Å². The van der Waals surface area contributed by atoms with Gasteiger partial charge in [-0.3, -0.25) is 14.9 Å². The van der Waals surface area contributed by atoms with Crippen LogP contribution in [0.4, 0.5) is 14.9 Å². The van der Waals surface area contributed by atoms with Crippen molar-refractivity contribution in [2.45, 2.75) is 31.1 Å². The number of hydrogen-bond acceptors (Lipinski definition) is 9. The van der Waals surface area contributed by atoms with Crippen LogP contribution in [0.2, 0.25) is 0 Å². The summed E-state index contributed by atoms with van der Waals surface area (Å²) in [6.45, 7) is 1.23. The van der Waals surface area contributed by atoms with Crippen LogP contribution in [-0.4, -0.2) is 70.5 Å². The van der Waals surface area contributed by atoms with E-state index in [1.807, 2.05) is 0 Å². The molecule has 4 rings (SSSR count). The number of carbonyl (C=O) groups excluding carboxylic acids is 3. The van der Waals surface area contributed by atoms with Crippen LogP contribution in [-0.2, 0) is 28.9 Å². The fourth-order valence-electron chi connectivity index (χ4n) is 4.01. The Kier molecular flexibility index (Phi) is 9.01. The van der Waals surface area contributed by atoms with E-state index in [2.05, 4.69) is 25.7 Å². The van der Waals surface area contributed by atoms with E-state index in [0.717, 1.165) is 24.2 Å². The quantitative estimate of drug-likeness (QED) is 0.307. The number of aromatic nitrogens is 1. The predicted octanol–water partition coefficient (Wildman–Crippen LogP) is 3.09. The summed E-state index contributed by atoms with van der Waals surface area (Å²) < 4.78 is 51.6. The number of rotatable bonds is 11. The number of halogens is 1. The Hall–Kier alpha value is -3.62. The second-order valence-corrected chi connectivity index (χ2v) is 12.6. The highest BCUT2D eigenvalue weighted by atomic mass is 32.2. The van der Waals surface area contributed by atoms with Gasteiger partial charge in [-0.25, -0.2) is 22.6 Å². The number of fused-ring (bicyclic) bond motifs is 1. The van der Waals surface area contributed by atoms with Crippen molar-refractivity contribution in [1.82, 2.24) is 15.6 Å². The summed E-state index contributed by atoms with van der Waals surface area (Å²) in [7, 11) is -1.51. The molecule has 0 aliphatic heterocycles. The molecular weight excluding hydrogens is 563 g/mol. The average Bonchev–Trinajstić information content (AvgIpc) is 3.63. The second kappa shape index (κ2) is 12.3. The smallest absolute Gasteiger partial charge is 0.411 e. The molecule has 0 radical (unpaired) electrons. The van der Waals surface area contributed by atoms with Crippen LogP contribution in [0.1, 0.15) is 28.7 Å². The predicted molar refractivity (Wildman–Crippen MR) is 148 cm³/mol. The molecule has 14 heteroatoms. The third kappa shape index (κ3) is 6.92. The molecule has 214 valence electrons. The number of anilines is 1. The highest BCUT2D eigenvalue weighted by Crippen LogP contribution is 2.36. The van der Waals surface area contributed by atoms with Crippen LogP contribution in [0.15, 0.2) is 30.3 Å². The number of methoxy groups -OCH3 is 2. The lowest BCUT2D eigenvalue weighted by Gasteiger charge is -2.15. The monoisotopic (exact) mass is 592 g/mol. The molecule has 1 saturated carbocycles. The van der Waals surface area contributed by atoms with Crippen LogP contribution >= 0.6 is 11.3 Å². The first-order chi connectivity index (χ1) is 19.0. The second-order valence-electron chi connectivity index (χ2n) is 9.30. The SMILES string of the molecule is COCCS(=O)(=O)C(C(=O)NCC(=O)NC1CC1)c1nc2cc(F)c(-c3ccc(NC(=O)OC)cc3C)cc2s1. The number of hydrogen-bond donors (Lipinski definition) is 3. The van der Waals surface area contributed by atoms with Gasteiger partial charge in [-0.1, -0.05) is 6.07 Å². The maximum atomic E-state index is 15.3. The summed E-state index contributed by atoms with van der Waals surface area (Å²) >= 11 is 0.954. The Morgan fingerprint density at radius 3 is 2.55 bits per heavy atom. The maximum Gasteiger partial charge on any atom is 0.411 e. The van der Waals surface area contributed by atoms with Crippen LogP contribution in [0.3, 0.4) is 0 Å². The molecule has 40 heavy (non-hydrogen) atoms. The van der Waals surface area contributed by atoms with Crippen molar-refractivity contribution in [1.29, 1.82) is 0 Å². The summed E-state index contributed by atoms with van der Waals surface area (Å²) in [5.41, 5.74) is 2.11. The van der Waals surface area contributed by atoms with Crippen molar-refractivity contribution < 1.29 is 36.7 Å². The van der Waals surface area contributed by atoms with E-state index in [0.29, 0.717) is 21.5 Å². The lowest BCUT2D eigenvalue weighted by atomic mass is 9.99. The van der Waals surface area contributed by atoms with Crippen molar-refractivity contribution >= 4 is 55.0 Å². The van der Waals surface area contributed by atoms with Crippen LogP contribution in [0.25, 0.3) is 21.3 Å². The number of benzene rings is 2. The van der Waals surface area contributed by atoms with Gasteiger partial charge in [0.15, 0.2) is 15.1 Å². The molecule has 1 aliphatic carbocycles. The van der Waals surface area contributed by atoms with Crippen molar-refractivity contribution in [3.05, 3.63) is 46.7 Å². The minimum absolute atomic E-state index is 0.0443. The first-order valence-corrected chi connectivity index (χ1v) is 14.9. The number of amides is 3. The summed E-state index contributed by atoms with van der Waals surface area (Å²) in [6, 6.07) is 7.72. The maximum absolute atomic E-state index is 15.3. The fourth-order valence-corrected chi connectivity index (χ4v) is 6.97. The summed E-state index contributed by atoms with van der Waals surface area (Å²) in [6.07, 6.45) is 1.09. The Balaban J connectivity index is 1.66. The summed E-state index contributed by atoms with van der Waals surface area (Å²) in [5.74, 6) is -2.35. The standard InChI is InChI=1S/C26H29FN4O7S2/c1-14-10-16(30-26(34)38-3)6-7-17(14)18-11-21-20(12-19(18)27)31-25(39-21)23(40(35,36)9-8-37-2)24(33)28-13-22(32)29-15-4-5-15/h6-7,10-12,15,23H,4-5,8-9,13H2,1-3H3,(H,28,33)(H,29,32)(H,30,34). The molecule has 2 aromatic carbocycles. The first kappa shape index (κ1) is 29.4. The van der Waals surface area contributed by atoms with E-state index < -0.39 is 44.6 Å². The van der Waals surface area contributed by atoms with Gasteiger partial charge >= 0.3 is 6.09 Å². The molecule has 1 fully saturated rings. The lowest BCUT2D eigenvalue weighted by Crippen LogP contribution is -2.41. The summed E-state index contributed by atoms with van der Waals surface area (Å²) in [4.78, 5) is 41.0. The third-order valence-electron chi connectivity index (χ3n) is 6.20. The molecule has 1 heterocycles. The topological polar surface area (TPSA) is 153 Å². The summed E-state index contributed by atoms with van der Waals surface area (Å²) in [5, 5.41) is 5.93. The number of thiazole rings is 1. The molecule has 0 spiro atoms. The van der Waals surface area contributed by atoms with Gasteiger partial charge < -0.3 is 20.1 Å². The Morgan fingerprint density at radius 2 is 1.90 bits per heavy atom. The molecule has 0 bridgehead atoms. The van der Waals surface area contributed by atoms with E-state index in [9.17, 15) is 22.8 Å². The minimum Gasteiger partial charge on any atom is -0.453 e. The lowest BCUT2D eigenvalue weighted by molar-refractivity contribution is -0.126. The Labute approximate surface area is 234 Å². The molecule has 1 aromatic heterocycles. The molecular formula is C26H29FN4O7S2. The van der Waals surface area contributed by atoms with Crippen molar-refractivity contribution in [3.63, 3.8) is 0 Å². The number of nitrogens with one attached hydrogen (secondary N) is 3. The number of ether oxygens (including phenoxy) is 2. The van der Waals surface area contributed by atoms with Gasteiger partial charge in [0, 0.05) is 30.5 Å². The molecule has 0 saturated heterocycles. The van der Waals surface area contributed by atoms with Crippen molar-refractivity contribution in [2.75, 3.05) is 38.4 Å². The number of aryl methyl sites for hydroxylation is 1. The van der Waals surface area contributed by atoms with Crippen molar-refractivity contribution in [2.24, 2.45) is 0 Å². The average molecular weight is 593 g/mol. The zero-order valence-corrected chi connectivity index (χ0v) is 23.7. The largest absolute Gasteiger partial charge is 0.453 e. The van der Waals surface area contributed by atoms with Gasteiger partial charge in [0.25, 0.3) is 0 Å². The van der Waals surface area contributed by atoms with E-state index in [1.54, 1.807) is 31.2 Å². The molecule has 1 unspecified atom stereocenters. The van der Waals surface area contributed by atoms with Gasteiger partial charge in [-0.05, 0) is 49.1 Å². The van der Waals surface area contributed by atoms with Crippen LogP contribution < -0.4 is 16.0 Å². The number of nitrogens with zero attached hydrogens (tertiary/aromatic N) is 1. The zero-order chi connectivity index (χ0) is 29.0. The van der Waals surface area contributed by atoms with Gasteiger partial charge in [-0.15, -0.1) is 11.3 Å². The van der Waals surface area contributed by atoms with Crippen LogP contribution in [0.5, 0.6) is 0 Å². The minimum atomic E-state index is -4.10. The number of sulfone groups is 1. The molecule has 3 amide bonds. The Bertz CT molecular complexity index is 1550. The van der Waals surface area contributed by atoms with Gasteiger partial charge in [-0.2, -0.15) is 0 Å². The molecule has 3 N–H and O–H groups in total. The normalized spacial score (nSPS) is 14.0. The van der Waals surface area contributed by atoms with Gasteiger partial charge in [0.1, 0.15) is 10.8 Å². The zero-order valence-electron chi connectivity index (χ0n) is 22.1. The van der Waals surface area contributed by atoms with E-state index in [-0.39, 0.29) is 35.3 Å². The molecule has 3 aromatic rings. The van der Waals surface area contributed by atoms with E-state index in [1.165, 1.54) is 20.3 Å². The van der Waals surface area contributed by atoms with E-state index >= 15 is 4.39 Å². The highest BCUT2D eigenvalue weighted by Gasteiger charge is 2.37. The fraction of sp³-hybridized carbons (Fsp3) is 0.385. The number of carbonyl (C=O) groups is 3. The highest BCUT2D eigenvalue weighted by molar-refractivity contribution is 7.92. The Morgan fingerprint density at radius 1 is 1.15 bits per heavy atom. The first-order valence-electron chi connectivity index (χ1n) is 12.4. The van der Waals surface area contributed by atoms with Gasteiger partial charge in [0.05, 0.1) is 36.2 Å².